The first-order valence-electron chi connectivity index (χ1n) is 11.7. The second kappa shape index (κ2) is 12.5. The molecular weight excluding hydrogens is 555 g/mol. The van der Waals surface area contributed by atoms with Crippen molar-refractivity contribution in [1.29, 1.82) is 0 Å². The van der Waals surface area contributed by atoms with Crippen molar-refractivity contribution >= 4 is 8.53 Å². The average Bonchev–Trinajstić information content (AvgIpc) is 2.88. The predicted octanol–water partition coefficient (Wildman–Crippen LogP) is 8.35. The van der Waals surface area contributed by atoms with Crippen molar-refractivity contribution in [3.63, 3.8) is 0 Å². The molecule has 2 unspecified atom stereocenters. The summed E-state index contributed by atoms with van der Waals surface area (Å²) in [6, 6.07) is -3.82. The summed E-state index contributed by atoms with van der Waals surface area (Å²) in [5, 5.41) is 0. The summed E-state index contributed by atoms with van der Waals surface area (Å²) in [4.78, 5) is 0. The van der Waals surface area contributed by atoms with Gasteiger partial charge in [-0.2, -0.15) is 0 Å². The second-order valence-corrected chi connectivity index (χ2v) is 10.6. The molecule has 212 valence electrons. The first-order chi connectivity index (χ1) is 17.8. The molecule has 2 aromatic rings. The maximum Gasteiger partial charge on any atom is 0.259 e. The maximum atomic E-state index is 15.1. The first kappa shape index (κ1) is 30.6. The molecule has 38 heavy (non-hydrogen) atoms. The molecule has 1 fully saturated rings. The molecule has 0 saturated carbocycles. The van der Waals surface area contributed by atoms with E-state index in [1.54, 1.807) is 6.92 Å². The molecule has 0 amide bonds. The molecule has 2 aromatic carbocycles. The molecule has 0 aromatic heterocycles. The minimum absolute atomic E-state index is 0.0236. The van der Waals surface area contributed by atoms with E-state index in [2.05, 4.69) is 0 Å². The van der Waals surface area contributed by atoms with Crippen molar-refractivity contribution in [1.82, 2.24) is 4.67 Å². The Hall–Kier alpha value is -1.95. The number of nitrogens with zero attached hydrogens (tertiary/aromatic N) is 1. The zero-order chi connectivity index (χ0) is 28.5. The van der Waals surface area contributed by atoms with Gasteiger partial charge in [-0.25, -0.2) is 48.6 Å². The van der Waals surface area contributed by atoms with Crippen LogP contribution >= 0.6 is 8.53 Å². The van der Waals surface area contributed by atoms with Gasteiger partial charge in [0.15, 0.2) is 46.5 Å². The summed E-state index contributed by atoms with van der Waals surface area (Å²) in [5.74, 6) is -25.1. The lowest BCUT2D eigenvalue weighted by molar-refractivity contribution is 0.144. The highest BCUT2D eigenvalue weighted by Crippen LogP contribution is 2.54. The molecule has 0 N–H and O–H groups in total. The molecule has 0 radical (unpaired) electrons. The lowest BCUT2D eigenvalue weighted by atomic mass is 9.94. The Labute approximate surface area is 213 Å². The highest BCUT2D eigenvalue weighted by Gasteiger charge is 2.44. The van der Waals surface area contributed by atoms with Crippen molar-refractivity contribution in [3.05, 3.63) is 69.3 Å². The summed E-state index contributed by atoms with van der Waals surface area (Å²) >= 11 is 0. The fourth-order valence-corrected chi connectivity index (χ4v) is 5.88. The highest BCUT2D eigenvalue weighted by molar-refractivity contribution is 7.44. The van der Waals surface area contributed by atoms with Gasteiger partial charge in [0.1, 0.15) is 0 Å². The van der Waals surface area contributed by atoms with Gasteiger partial charge in [0.25, 0.3) is 8.53 Å². The van der Waals surface area contributed by atoms with Gasteiger partial charge in [0, 0.05) is 6.04 Å². The zero-order valence-corrected chi connectivity index (χ0v) is 21.4. The Morgan fingerprint density at radius 3 is 1.47 bits per heavy atom. The lowest BCUT2D eigenvalue weighted by Crippen LogP contribution is -2.36. The van der Waals surface area contributed by atoms with Crippen LogP contribution in [0.3, 0.4) is 0 Å². The summed E-state index contributed by atoms with van der Waals surface area (Å²) < 4.78 is 157. The minimum atomic E-state index is -2.73. The molecule has 0 bridgehead atoms. The summed E-state index contributed by atoms with van der Waals surface area (Å²) in [7, 11) is -2.57. The Morgan fingerprint density at radius 1 is 0.632 bits per heavy atom. The number of hydrogen-bond donors (Lipinski definition) is 0. The van der Waals surface area contributed by atoms with Crippen molar-refractivity contribution in [2.75, 3.05) is 13.2 Å². The van der Waals surface area contributed by atoms with E-state index >= 15 is 17.6 Å². The van der Waals surface area contributed by atoms with E-state index in [4.69, 9.17) is 9.05 Å². The molecule has 0 aliphatic carbocycles. The maximum absolute atomic E-state index is 15.1. The summed E-state index contributed by atoms with van der Waals surface area (Å²) in [6.07, 6.45) is 2.73. The van der Waals surface area contributed by atoms with E-state index in [9.17, 15) is 26.3 Å². The van der Waals surface area contributed by atoms with Crippen LogP contribution in [0.15, 0.2) is 0 Å². The van der Waals surface area contributed by atoms with E-state index < -0.39 is 89.9 Å². The van der Waals surface area contributed by atoms with Gasteiger partial charge in [-0.15, -0.1) is 0 Å². The van der Waals surface area contributed by atoms with Crippen molar-refractivity contribution in [3.8, 4) is 0 Å². The Balaban J connectivity index is 2.38. The highest BCUT2D eigenvalue weighted by atomic mass is 31.2. The van der Waals surface area contributed by atoms with Crippen molar-refractivity contribution in [2.45, 2.75) is 58.5 Å². The lowest BCUT2D eigenvalue weighted by Gasteiger charge is -2.40. The van der Waals surface area contributed by atoms with E-state index in [-0.39, 0.29) is 19.1 Å². The minimum Gasteiger partial charge on any atom is -0.322 e. The van der Waals surface area contributed by atoms with Crippen LogP contribution in [-0.4, -0.2) is 23.9 Å². The number of rotatable bonds is 5. The van der Waals surface area contributed by atoms with E-state index in [1.807, 2.05) is 0 Å². The van der Waals surface area contributed by atoms with Crippen molar-refractivity contribution in [2.24, 2.45) is 5.92 Å². The number of hydrogen-bond acceptors (Lipinski definition) is 3. The fraction of sp³-hybridized carbons (Fsp3) is 0.500. The smallest absolute Gasteiger partial charge is 0.259 e. The van der Waals surface area contributed by atoms with Crippen LogP contribution in [0.1, 0.15) is 63.6 Å². The van der Waals surface area contributed by atoms with Crippen LogP contribution in [0.25, 0.3) is 0 Å². The first-order valence-corrected chi connectivity index (χ1v) is 12.8. The third kappa shape index (κ3) is 5.80. The molecule has 1 saturated heterocycles. The monoisotopic (exact) mass is 579 g/mol. The van der Waals surface area contributed by atoms with Gasteiger partial charge < -0.3 is 9.05 Å². The van der Waals surface area contributed by atoms with Crippen LogP contribution in [0.2, 0.25) is 0 Å². The Kier molecular flexibility index (Phi) is 10.1. The summed E-state index contributed by atoms with van der Waals surface area (Å²) in [5.41, 5.74) is -3.64. The normalized spacial score (nSPS) is 19.6. The quantitative estimate of drug-likeness (QED) is 0.154. The number of halogens is 10. The van der Waals surface area contributed by atoms with E-state index in [1.165, 1.54) is 13.8 Å². The molecule has 2 atom stereocenters. The van der Waals surface area contributed by atoms with Crippen LogP contribution in [0, 0.1) is 64.1 Å². The molecule has 1 heterocycles. The second-order valence-electron chi connectivity index (χ2n) is 9.16. The Bertz CT molecular complexity index is 1050. The number of benzene rings is 2. The van der Waals surface area contributed by atoms with Crippen LogP contribution in [-0.2, 0) is 9.05 Å². The molecule has 0 spiro atoms. The largest absolute Gasteiger partial charge is 0.322 e. The SMILES string of the molecule is CC1CCCCCOP(N(C(C)C)C(c2c(F)c(F)c(F)c(F)c2F)c2c(F)c(F)c(F)c(F)c2F)OC1. The van der Waals surface area contributed by atoms with Crippen molar-refractivity contribution < 1.29 is 53.0 Å². The van der Waals surface area contributed by atoms with Gasteiger partial charge in [-0.1, -0.05) is 19.8 Å². The van der Waals surface area contributed by atoms with Crippen LogP contribution in [0.5, 0.6) is 0 Å². The molecule has 3 nitrogen and oxygen atoms in total. The fourth-order valence-electron chi connectivity index (χ4n) is 4.07. The average molecular weight is 579 g/mol. The standard InChI is InChI=1S/C24H24F10NO2P/c1-10(2)35(38-36-8-6-4-5-7-11(3)9-37-38)24(12-14(25)18(29)22(33)19(30)15(12)26)13-16(27)20(31)23(34)21(32)17(13)28/h10-11,24H,4-9H2,1-3H3. The molecule has 3 rings (SSSR count). The zero-order valence-electron chi connectivity index (χ0n) is 20.5. The Morgan fingerprint density at radius 2 is 1.05 bits per heavy atom. The topological polar surface area (TPSA) is 21.7 Å². The van der Waals surface area contributed by atoms with Crippen LogP contribution in [0.4, 0.5) is 43.9 Å². The van der Waals surface area contributed by atoms with E-state index in [0.29, 0.717) is 19.3 Å². The molecular formula is C24H24F10NO2P. The van der Waals surface area contributed by atoms with Gasteiger partial charge in [-0.05, 0) is 32.6 Å². The molecule has 1 aliphatic rings. The van der Waals surface area contributed by atoms with Gasteiger partial charge in [0.05, 0.1) is 30.4 Å². The predicted molar refractivity (Wildman–Crippen MR) is 118 cm³/mol. The molecule has 1 aliphatic heterocycles. The third-order valence-electron chi connectivity index (χ3n) is 6.03. The van der Waals surface area contributed by atoms with Gasteiger partial charge >= 0.3 is 0 Å². The van der Waals surface area contributed by atoms with Crippen LogP contribution < -0.4 is 0 Å². The summed E-state index contributed by atoms with van der Waals surface area (Å²) in [6.45, 7) is 4.37. The third-order valence-corrected chi connectivity index (χ3v) is 7.87. The van der Waals surface area contributed by atoms with Gasteiger partial charge in [0.2, 0.25) is 11.6 Å². The molecule has 14 heteroatoms. The van der Waals surface area contributed by atoms with Gasteiger partial charge in [-0.3, -0.25) is 0 Å². The van der Waals surface area contributed by atoms with E-state index in [0.717, 1.165) is 11.1 Å².